The zero-order valence-electron chi connectivity index (χ0n) is 15.6. The van der Waals surface area contributed by atoms with Crippen LogP contribution in [-0.2, 0) is 4.79 Å². The van der Waals surface area contributed by atoms with Crippen LogP contribution in [0, 0.1) is 0 Å². The van der Waals surface area contributed by atoms with Crippen LogP contribution in [0.1, 0.15) is 0 Å². The first-order valence-electron chi connectivity index (χ1n) is 8.99. The number of hydrogen-bond acceptors (Lipinski definition) is 7. The number of ether oxygens (including phenoxy) is 2. The highest BCUT2D eigenvalue weighted by Crippen LogP contribution is 2.27. The van der Waals surface area contributed by atoms with Crippen LogP contribution >= 0.6 is 22.9 Å². The Bertz CT molecular complexity index is 1130. The molecule has 0 spiro atoms. The Morgan fingerprint density at radius 3 is 2.67 bits per heavy atom. The van der Waals surface area contributed by atoms with Gasteiger partial charge in [-0.25, -0.2) is 9.78 Å². The lowest BCUT2D eigenvalue weighted by Crippen LogP contribution is -2.17. The van der Waals surface area contributed by atoms with Crippen molar-refractivity contribution in [2.24, 2.45) is 0 Å². The number of thiazole rings is 1. The highest BCUT2D eigenvalue weighted by molar-refractivity contribution is 7.14. The van der Waals surface area contributed by atoms with Crippen LogP contribution < -0.4 is 14.8 Å². The van der Waals surface area contributed by atoms with Crippen molar-refractivity contribution in [2.75, 3.05) is 11.9 Å². The molecule has 0 saturated carbocycles. The topological polar surface area (TPSA) is 73.3 Å². The molecular formula is C22H16ClN3O3S. The Morgan fingerprint density at radius 2 is 1.87 bits per heavy atom. The minimum Gasteiger partial charge on any atom is -0.482 e. The predicted molar refractivity (Wildman–Crippen MR) is 118 cm³/mol. The first-order valence-corrected chi connectivity index (χ1v) is 10.2. The molecule has 0 aliphatic rings. The molecule has 4 rings (SSSR count). The van der Waals surface area contributed by atoms with Gasteiger partial charge in [0.15, 0.2) is 11.7 Å². The lowest BCUT2D eigenvalue weighted by molar-refractivity contribution is -0.136. The third-order valence-electron chi connectivity index (χ3n) is 3.92. The summed E-state index contributed by atoms with van der Waals surface area (Å²) in [5, 5.41) is 6.46. The number of nitrogens with zero attached hydrogens (tertiary/aromatic N) is 2. The number of halogens is 1. The van der Waals surface area contributed by atoms with E-state index in [4.69, 9.17) is 21.1 Å². The molecule has 0 unspecified atom stereocenters. The fourth-order valence-corrected chi connectivity index (χ4v) is 3.41. The van der Waals surface area contributed by atoms with Gasteiger partial charge in [-0.15, -0.1) is 11.3 Å². The number of benzene rings is 2. The zero-order chi connectivity index (χ0) is 20.8. The van der Waals surface area contributed by atoms with Crippen LogP contribution in [0.25, 0.3) is 11.4 Å². The van der Waals surface area contributed by atoms with Crippen molar-refractivity contribution in [3.05, 3.63) is 83.3 Å². The number of hydrogen-bond donors (Lipinski definition) is 1. The van der Waals surface area contributed by atoms with Gasteiger partial charge in [0, 0.05) is 28.4 Å². The summed E-state index contributed by atoms with van der Waals surface area (Å²) in [5.74, 6) is 0.444. The second-order valence-corrected chi connectivity index (χ2v) is 7.42. The van der Waals surface area contributed by atoms with Gasteiger partial charge in [0.05, 0.1) is 5.69 Å². The molecule has 0 radical (unpaired) electrons. The number of carbonyl (C=O) groups excluding carboxylic acids is 1. The molecule has 6 nitrogen and oxygen atoms in total. The molecule has 0 atom stereocenters. The zero-order valence-corrected chi connectivity index (χ0v) is 17.2. The SMILES string of the molecule is O=C(COc1ccc(Cl)cc1)Oc1cccc(Nc2nc(-c3ccccn3)cs2)c1. The molecule has 4 aromatic rings. The summed E-state index contributed by atoms with van der Waals surface area (Å²) in [7, 11) is 0. The van der Waals surface area contributed by atoms with Crippen molar-refractivity contribution in [2.45, 2.75) is 0 Å². The molecule has 0 aliphatic heterocycles. The second-order valence-electron chi connectivity index (χ2n) is 6.12. The van der Waals surface area contributed by atoms with Crippen LogP contribution in [0.2, 0.25) is 5.02 Å². The first-order chi connectivity index (χ1) is 14.7. The number of esters is 1. The van der Waals surface area contributed by atoms with Crippen molar-refractivity contribution >= 4 is 39.7 Å². The monoisotopic (exact) mass is 437 g/mol. The molecule has 2 heterocycles. The summed E-state index contributed by atoms with van der Waals surface area (Å²) in [5.41, 5.74) is 2.36. The van der Waals surface area contributed by atoms with Gasteiger partial charge in [-0.1, -0.05) is 23.7 Å². The summed E-state index contributed by atoms with van der Waals surface area (Å²) in [6, 6.07) is 19.5. The van der Waals surface area contributed by atoms with E-state index in [-0.39, 0.29) is 6.61 Å². The minimum absolute atomic E-state index is 0.209. The Labute approximate surface area is 182 Å². The van der Waals surface area contributed by atoms with Crippen molar-refractivity contribution in [3.63, 3.8) is 0 Å². The van der Waals surface area contributed by atoms with E-state index in [2.05, 4.69) is 15.3 Å². The van der Waals surface area contributed by atoms with Crippen molar-refractivity contribution in [1.82, 2.24) is 9.97 Å². The minimum atomic E-state index is -0.506. The van der Waals surface area contributed by atoms with E-state index in [0.29, 0.717) is 21.7 Å². The number of pyridine rings is 1. The molecule has 0 amide bonds. The fourth-order valence-electron chi connectivity index (χ4n) is 2.56. The van der Waals surface area contributed by atoms with Gasteiger partial charge in [-0.3, -0.25) is 4.98 Å². The Kier molecular flexibility index (Phi) is 6.22. The van der Waals surface area contributed by atoms with Crippen LogP contribution in [0.15, 0.2) is 78.3 Å². The summed E-state index contributed by atoms with van der Waals surface area (Å²) in [6.45, 7) is -0.209. The van der Waals surface area contributed by atoms with Gasteiger partial charge in [0.25, 0.3) is 0 Å². The average Bonchev–Trinajstić information content (AvgIpc) is 3.23. The third-order valence-corrected chi connectivity index (χ3v) is 4.93. The number of carbonyl (C=O) groups is 1. The van der Waals surface area contributed by atoms with E-state index in [1.807, 2.05) is 29.6 Å². The van der Waals surface area contributed by atoms with E-state index in [1.165, 1.54) is 11.3 Å². The Hall–Kier alpha value is -3.42. The summed E-state index contributed by atoms with van der Waals surface area (Å²) >= 11 is 7.29. The fraction of sp³-hybridized carbons (Fsp3) is 0.0455. The highest BCUT2D eigenvalue weighted by Gasteiger charge is 2.09. The highest BCUT2D eigenvalue weighted by atomic mass is 35.5. The van der Waals surface area contributed by atoms with Crippen molar-refractivity contribution in [1.29, 1.82) is 0 Å². The molecular weight excluding hydrogens is 422 g/mol. The maximum absolute atomic E-state index is 12.1. The summed E-state index contributed by atoms with van der Waals surface area (Å²) in [4.78, 5) is 20.9. The molecule has 0 fully saturated rings. The van der Waals surface area contributed by atoms with E-state index < -0.39 is 5.97 Å². The van der Waals surface area contributed by atoms with Gasteiger partial charge in [0.1, 0.15) is 17.2 Å². The van der Waals surface area contributed by atoms with Gasteiger partial charge in [-0.05, 0) is 48.5 Å². The van der Waals surface area contributed by atoms with Gasteiger partial charge >= 0.3 is 5.97 Å². The molecule has 2 aromatic carbocycles. The predicted octanol–water partition coefficient (Wildman–Crippen LogP) is 5.59. The Morgan fingerprint density at radius 1 is 1.00 bits per heavy atom. The van der Waals surface area contributed by atoms with Crippen LogP contribution in [-0.4, -0.2) is 22.5 Å². The second kappa shape index (κ2) is 9.39. The normalized spacial score (nSPS) is 10.4. The molecule has 0 bridgehead atoms. The molecule has 1 N–H and O–H groups in total. The number of nitrogens with one attached hydrogen (secondary N) is 1. The number of rotatable bonds is 7. The standard InChI is InChI=1S/C22H16ClN3O3S/c23-15-7-9-17(10-8-15)28-13-21(27)29-18-5-3-4-16(12-18)25-22-26-20(14-30-22)19-6-1-2-11-24-19/h1-12,14H,13H2,(H,25,26). The maximum atomic E-state index is 12.1. The van der Waals surface area contributed by atoms with E-state index >= 15 is 0 Å². The molecule has 0 aliphatic carbocycles. The van der Waals surface area contributed by atoms with Gasteiger partial charge in [-0.2, -0.15) is 0 Å². The lowest BCUT2D eigenvalue weighted by Gasteiger charge is -2.08. The molecule has 8 heteroatoms. The molecule has 0 saturated heterocycles. The van der Waals surface area contributed by atoms with E-state index in [9.17, 15) is 4.79 Å². The van der Waals surface area contributed by atoms with Gasteiger partial charge in [0.2, 0.25) is 0 Å². The Balaban J connectivity index is 1.35. The molecule has 2 aromatic heterocycles. The molecule has 150 valence electrons. The summed E-state index contributed by atoms with van der Waals surface area (Å²) in [6.07, 6.45) is 1.73. The van der Waals surface area contributed by atoms with Crippen molar-refractivity contribution in [3.8, 4) is 22.9 Å². The molecule has 30 heavy (non-hydrogen) atoms. The van der Waals surface area contributed by atoms with E-state index in [0.717, 1.165) is 17.1 Å². The lowest BCUT2D eigenvalue weighted by atomic mass is 10.3. The first kappa shape index (κ1) is 19.9. The average molecular weight is 438 g/mol. The van der Waals surface area contributed by atoms with Crippen molar-refractivity contribution < 1.29 is 14.3 Å². The largest absolute Gasteiger partial charge is 0.482 e. The van der Waals surface area contributed by atoms with Crippen LogP contribution in [0.4, 0.5) is 10.8 Å². The number of aromatic nitrogens is 2. The summed E-state index contributed by atoms with van der Waals surface area (Å²) < 4.78 is 10.8. The third kappa shape index (κ3) is 5.34. The number of anilines is 2. The van der Waals surface area contributed by atoms with E-state index in [1.54, 1.807) is 48.7 Å². The van der Waals surface area contributed by atoms with Crippen LogP contribution in [0.5, 0.6) is 11.5 Å². The smallest absolute Gasteiger partial charge is 0.349 e. The van der Waals surface area contributed by atoms with Crippen LogP contribution in [0.3, 0.4) is 0 Å². The quantitative estimate of drug-likeness (QED) is 0.300. The maximum Gasteiger partial charge on any atom is 0.349 e. The van der Waals surface area contributed by atoms with Gasteiger partial charge < -0.3 is 14.8 Å².